The minimum absolute atomic E-state index is 0.158. The van der Waals surface area contributed by atoms with E-state index in [1.54, 1.807) is 33.8 Å². The van der Waals surface area contributed by atoms with Gasteiger partial charge in [-0.15, -0.1) is 11.3 Å². The van der Waals surface area contributed by atoms with Gasteiger partial charge in [0.25, 0.3) is 0 Å². The average molecular weight is 422 g/mol. The summed E-state index contributed by atoms with van der Waals surface area (Å²) in [6.07, 6.45) is 2.86. The number of likely N-dealkylation sites (N-methyl/N-ethyl adjacent to an activating group) is 1. The number of anilines is 1. The number of aryl methyl sites for hydroxylation is 1. The number of hydrogen-bond donors (Lipinski definition) is 1. The summed E-state index contributed by atoms with van der Waals surface area (Å²) < 4.78 is 27.3. The lowest BCUT2D eigenvalue weighted by Crippen LogP contribution is -2.35. The molecule has 2 aromatic rings. The Kier molecular flexibility index (Phi) is 6.87. The molecule has 1 aliphatic rings. The molecule has 0 aliphatic carbocycles. The van der Waals surface area contributed by atoms with Crippen molar-refractivity contribution >= 4 is 33.0 Å². The molecule has 152 valence electrons. The number of rotatable bonds is 7. The average Bonchev–Trinajstić information content (AvgIpc) is 3.16. The third-order valence-corrected chi connectivity index (χ3v) is 7.61. The van der Waals surface area contributed by atoms with Gasteiger partial charge in [-0.25, -0.2) is 8.42 Å². The molecule has 0 bridgehead atoms. The van der Waals surface area contributed by atoms with Gasteiger partial charge in [0.15, 0.2) is 0 Å². The smallest absolute Gasteiger partial charge is 0.243 e. The summed E-state index contributed by atoms with van der Waals surface area (Å²) in [5.41, 5.74) is 1.39. The van der Waals surface area contributed by atoms with E-state index in [1.165, 1.54) is 4.88 Å². The number of carbonyl (C=O) groups excluding carboxylic acids is 1. The van der Waals surface area contributed by atoms with E-state index in [-0.39, 0.29) is 17.3 Å². The lowest BCUT2D eigenvalue weighted by molar-refractivity contribution is -0.117. The molecule has 1 N–H and O–H groups in total. The monoisotopic (exact) mass is 421 g/mol. The predicted molar refractivity (Wildman–Crippen MR) is 113 cm³/mol. The molecule has 3 rings (SSSR count). The molecule has 1 amide bonds. The van der Waals surface area contributed by atoms with Crippen LogP contribution in [0.5, 0.6) is 0 Å². The largest absolute Gasteiger partial charge is 0.325 e. The van der Waals surface area contributed by atoms with Crippen LogP contribution in [0.1, 0.15) is 29.7 Å². The lowest BCUT2D eigenvalue weighted by Gasteiger charge is -2.26. The summed E-state index contributed by atoms with van der Waals surface area (Å²) in [4.78, 5) is 15.8. The molecule has 0 unspecified atom stereocenters. The molecular formula is C20H27N3O3S2. The lowest BCUT2D eigenvalue weighted by atomic mass is 10.2. The van der Waals surface area contributed by atoms with Gasteiger partial charge >= 0.3 is 0 Å². The Morgan fingerprint density at radius 1 is 1.21 bits per heavy atom. The van der Waals surface area contributed by atoms with E-state index in [4.69, 9.17) is 0 Å². The van der Waals surface area contributed by atoms with Crippen LogP contribution < -0.4 is 5.32 Å². The quantitative estimate of drug-likeness (QED) is 0.745. The number of sulfonamides is 1. The van der Waals surface area contributed by atoms with Crippen molar-refractivity contribution in [1.82, 2.24) is 9.21 Å². The van der Waals surface area contributed by atoms with Gasteiger partial charge in [-0.1, -0.05) is 18.6 Å². The summed E-state index contributed by atoms with van der Waals surface area (Å²) >= 11 is 1.66. The van der Waals surface area contributed by atoms with E-state index < -0.39 is 10.0 Å². The van der Waals surface area contributed by atoms with E-state index in [1.807, 2.05) is 36.4 Å². The first kappa shape index (κ1) is 21.0. The van der Waals surface area contributed by atoms with E-state index in [2.05, 4.69) is 5.32 Å². The molecule has 6 nitrogen and oxygen atoms in total. The number of benzene rings is 1. The van der Waals surface area contributed by atoms with E-state index >= 15 is 0 Å². The third kappa shape index (κ3) is 5.20. The number of thiophene rings is 1. The number of piperidine rings is 1. The van der Waals surface area contributed by atoms with Crippen LogP contribution in [0.15, 0.2) is 40.6 Å². The van der Waals surface area contributed by atoms with Crippen molar-refractivity contribution in [2.24, 2.45) is 0 Å². The second-order valence-electron chi connectivity index (χ2n) is 7.24. The van der Waals surface area contributed by atoms with Gasteiger partial charge in [0.05, 0.1) is 11.4 Å². The Morgan fingerprint density at radius 3 is 2.64 bits per heavy atom. The minimum Gasteiger partial charge on any atom is -0.325 e. The van der Waals surface area contributed by atoms with Gasteiger partial charge in [-0.3, -0.25) is 9.69 Å². The van der Waals surface area contributed by atoms with Crippen molar-refractivity contribution < 1.29 is 13.2 Å². The zero-order valence-electron chi connectivity index (χ0n) is 16.3. The molecule has 1 saturated heterocycles. The first-order valence-electron chi connectivity index (χ1n) is 9.48. The van der Waals surface area contributed by atoms with Gasteiger partial charge in [-0.2, -0.15) is 4.31 Å². The Hall–Kier alpha value is -1.74. The molecule has 1 fully saturated rings. The molecule has 0 atom stereocenters. The fourth-order valence-electron chi connectivity index (χ4n) is 3.31. The van der Waals surface area contributed by atoms with Crippen LogP contribution in [0.4, 0.5) is 5.69 Å². The maximum atomic E-state index is 12.9. The zero-order chi connectivity index (χ0) is 20.1. The fourth-order valence-corrected chi connectivity index (χ4v) is 5.64. The maximum Gasteiger partial charge on any atom is 0.243 e. The third-order valence-electron chi connectivity index (χ3n) is 4.86. The SMILES string of the molecule is Cc1ccc(S(=O)(=O)N2CCCCC2)cc1NC(=O)CN(C)Cc1cccs1. The first-order valence-corrected chi connectivity index (χ1v) is 11.8. The Bertz CT molecular complexity index is 905. The van der Waals surface area contributed by atoms with Gasteiger partial charge in [-0.05, 0) is 56.0 Å². The van der Waals surface area contributed by atoms with Crippen LogP contribution in [0.2, 0.25) is 0 Å². The predicted octanol–water partition coefficient (Wildman–Crippen LogP) is 3.30. The summed E-state index contributed by atoms with van der Waals surface area (Å²) in [5, 5.41) is 4.89. The number of amides is 1. The van der Waals surface area contributed by atoms with Crippen molar-refractivity contribution in [3.8, 4) is 0 Å². The highest BCUT2D eigenvalue weighted by Crippen LogP contribution is 2.25. The molecule has 1 aromatic heterocycles. The summed E-state index contributed by atoms with van der Waals surface area (Å²) in [7, 11) is -1.63. The second kappa shape index (κ2) is 9.17. The summed E-state index contributed by atoms with van der Waals surface area (Å²) in [6.45, 7) is 3.92. The van der Waals surface area contributed by atoms with Gasteiger partial charge < -0.3 is 5.32 Å². The van der Waals surface area contributed by atoms with Crippen LogP contribution >= 0.6 is 11.3 Å². The molecule has 2 heterocycles. The van der Waals surface area contributed by atoms with E-state index in [9.17, 15) is 13.2 Å². The molecule has 8 heteroatoms. The highest BCUT2D eigenvalue weighted by atomic mass is 32.2. The second-order valence-corrected chi connectivity index (χ2v) is 10.2. The molecule has 0 saturated carbocycles. The molecule has 28 heavy (non-hydrogen) atoms. The Balaban J connectivity index is 1.68. The molecule has 0 radical (unpaired) electrons. The standard InChI is InChI=1S/C20H27N3O3S2/c1-16-8-9-18(28(25,26)23-10-4-3-5-11-23)13-19(16)21-20(24)15-22(2)14-17-7-6-12-27-17/h6-9,12-13H,3-5,10-11,14-15H2,1-2H3,(H,21,24). The van der Waals surface area contributed by atoms with E-state index in [0.29, 0.717) is 25.3 Å². The number of carbonyl (C=O) groups is 1. The van der Waals surface area contributed by atoms with Gasteiger partial charge in [0, 0.05) is 30.2 Å². The van der Waals surface area contributed by atoms with Crippen LogP contribution in [0, 0.1) is 6.92 Å². The van der Waals surface area contributed by atoms with Crippen molar-refractivity contribution in [1.29, 1.82) is 0 Å². The topological polar surface area (TPSA) is 69.7 Å². The van der Waals surface area contributed by atoms with Crippen LogP contribution in [0.25, 0.3) is 0 Å². The number of nitrogens with zero attached hydrogens (tertiary/aromatic N) is 2. The normalized spacial score (nSPS) is 15.7. The highest BCUT2D eigenvalue weighted by molar-refractivity contribution is 7.89. The van der Waals surface area contributed by atoms with Crippen molar-refractivity contribution in [2.75, 3.05) is 32.0 Å². The maximum absolute atomic E-state index is 12.9. The van der Waals surface area contributed by atoms with Crippen LogP contribution in [-0.2, 0) is 21.4 Å². The Morgan fingerprint density at radius 2 is 1.96 bits per heavy atom. The van der Waals surface area contributed by atoms with Crippen molar-refractivity contribution in [2.45, 2.75) is 37.6 Å². The highest BCUT2D eigenvalue weighted by Gasteiger charge is 2.26. The van der Waals surface area contributed by atoms with Crippen molar-refractivity contribution in [3.63, 3.8) is 0 Å². The first-order chi connectivity index (χ1) is 13.4. The van der Waals surface area contributed by atoms with Gasteiger partial charge in [0.1, 0.15) is 0 Å². The molecule has 1 aromatic carbocycles. The fraction of sp³-hybridized carbons (Fsp3) is 0.450. The number of hydrogen-bond acceptors (Lipinski definition) is 5. The number of nitrogens with one attached hydrogen (secondary N) is 1. The summed E-state index contributed by atoms with van der Waals surface area (Å²) in [6, 6.07) is 8.99. The zero-order valence-corrected chi connectivity index (χ0v) is 18.0. The minimum atomic E-state index is -3.52. The molecular weight excluding hydrogens is 394 g/mol. The molecule has 1 aliphatic heterocycles. The molecule has 0 spiro atoms. The van der Waals surface area contributed by atoms with Crippen LogP contribution in [0.3, 0.4) is 0 Å². The van der Waals surface area contributed by atoms with Crippen LogP contribution in [-0.4, -0.2) is 50.2 Å². The van der Waals surface area contributed by atoms with Crippen molar-refractivity contribution in [3.05, 3.63) is 46.2 Å². The van der Waals surface area contributed by atoms with Gasteiger partial charge in [0.2, 0.25) is 15.9 Å². The Labute approximate surface area is 171 Å². The van der Waals surface area contributed by atoms with E-state index in [0.717, 1.165) is 24.8 Å². The summed E-state index contributed by atoms with van der Waals surface area (Å²) in [5.74, 6) is -0.158.